The molecule has 1 fully saturated rings. The van der Waals surface area contributed by atoms with E-state index in [2.05, 4.69) is 18.3 Å². The molecule has 3 N–H and O–H groups in total. The van der Waals surface area contributed by atoms with E-state index in [4.69, 9.17) is 5.73 Å². The number of aryl methyl sites for hydroxylation is 1. The van der Waals surface area contributed by atoms with E-state index < -0.39 is 0 Å². The van der Waals surface area contributed by atoms with Crippen LogP contribution in [-0.4, -0.2) is 11.9 Å². The number of hydrogen-bond acceptors (Lipinski definition) is 2. The van der Waals surface area contributed by atoms with Crippen molar-refractivity contribution < 1.29 is 4.79 Å². The Balaban J connectivity index is 1.94. The number of benzene rings is 1. The Labute approximate surface area is 121 Å². The molecule has 3 heteroatoms. The van der Waals surface area contributed by atoms with E-state index in [1.165, 1.54) is 18.4 Å². The first-order valence-corrected chi connectivity index (χ1v) is 7.84. The molecule has 1 saturated carbocycles. The van der Waals surface area contributed by atoms with Crippen LogP contribution in [0, 0.1) is 5.92 Å². The zero-order valence-corrected chi connectivity index (χ0v) is 12.4. The molecule has 0 spiro atoms. The van der Waals surface area contributed by atoms with Gasteiger partial charge in [-0.25, -0.2) is 0 Å². The number of para-hydroxylation sites is 1. The largest absolute Gasteiger partial charge is 0.327 e. The molecule has 1 aliphatic carbocycles. The molecular weight excluding hydrogens is 248 g/mol. The van der Waals surface area contributed by atoms with Crippen molar-refractivity contribution in [2.24, 2.45) is 11.7 Å². The molecule has 0 saturated heterocycles. The van der Waals surface area contributed by atoms with Crippen LogP contribution >= 0.6 is 0 Å². The average molecular weight is 274 g/mol. The molecule has 2 atom stereocenters. The number of carbonyl (C=O) groups excluding carboxylic acids is 1. The second-order valence-electron chi connectivity index (χ2n) is 5.87. The van der Waals surface area contributed by atoms with Crippen LogP contribution in [0.15, 0.2) is 24.3 Å². The van der Waals surface area contributed by atoms with Crippen LogP contribution in [0.4, 0.5) is 5.69 Å². The van der Waals surface area contributed by atoms with Gasteiger partial charge in [0.15, 0.2) is 0 Å². The lowest BCUT2D eigenvalue weighted by Crippen LogP contribution is -2.35. The Bertz CT molecular complexity index is 444. The molecule has 1 amide bonds. The maximum absolute atomic E-state index is 12.2. The second kappa shape index (κ2) is 7.44. The lowest BCUT2D eigenvalue weighted by Gasteiger charge is -2.28. The number of nitrogens with one attached hydrogen (secondary N) is 1. The van der Waals surface area contributed by atoms with Crippen molar-refractivity contribution in [3.8, 4) is 0 Å². The van der Waals surface area contributed by atoms with Gasteiger partial charge in [-0.2, -0.15) is 0 Å². The number of nitrogens with two attached hydrogens (primary N) is 1. The first-order chi connectivity index (χ1) is 9.70. The highest BCUT2D eigenvalue weighted by molar-refractivity contribution is 5.91. The normalized spacial score (nSPS) is 22.5. The molecule has 0 bridgehead atoms. The standard InChI is InChI=1S/C17H26N2O/c1-2-7-13-8-4-6-11-16(13)19-17(20)12-14-9-3-5-10-15(14)18/h4,6,8,11,14-15H,2-3,5,7,9-10,12,18H2,1H3,(H,19,20). The summed E-state index contributed by atoms with van der Waals surface area (Å²) in [6.45, 7) is 2.15. The number of hydrogen-bond donors (Lipinski definition) is 2. The number of carbonyl (C=O) groups is 1. The van der Waals surface area contributed by atoms with Crippen LogP contribution in [0.25, 0.3) is 0 Å². The molecule has 110 valence electrons. The smallest absolute Gasteiger partial charge is 0.224 e. The molecule has 0 aromatic heterocycles. The third-order valence-electron chi connectivity index (χ3n) is 4.23. The van der Waals surface area contributed by atoms with Gasteiger partial charge in [-0.3, -0.25) is 4.79 Å². The van der Waals surface area contributed by atoms with Gasteiger partial charge >= 0.3 is 0 Å². The third kappa shape index (κ3) is 4.07. The first-order valence-electron chi connectivity index (χ1n) is 7.84. The first kappa shape index (κ1) is 15.0. The minimum Gasteiger partial charge on any atom is -0.327 e. The van der Waals surface area contributed by atoms with Crippen molar-refractivity contribution in [1.29, 1.82) is 0 Å². The Morgan fingerprint density at radius 3 is 2.80 bits per heavy atom. The molecule has 20 heavy (non-hydrogen) atoms. The van der Waals surface area contributed by atoms with Gasteiger partial charge in [0, 0.05) is 18.2 Å². The van der Waals surface area contributed by atoms with Gasteiger partial charge in [0.05, 0.1) is 0 Å². The van der Waals surface area contributed by atoms with Gasteiger partial charge in [-0.1, -0.05) is 44.4 Å². The Morgan fingerprint density at radius 2 is 2.05 bits per heavy atom. The summed E-state index contributed by atoms with van der Waals surface area (Å²) in [5.74, 6) is 0.456. The number of rotatable bonds is 5. The van der Waals surface area contributed by atoms with Crippen LogP contribution < -0.4 is 11.1 Å². The molecule has 0 radical (unpaired) electrons. The van der Waals surface area contributed by atoms with Crippen molar-refractivity contribution in [3.63, 3.8) is 0 Å². The van der Waals surface area contributed by atoms with Crippen LogP contribution in [0.3, 0.4) is 0 Å². The van der Waals surface area contributed by atoms with E-state index in [-0.39, 0.29) is 11.9 Å². The van der Waals surface area contributed by atoms with Crippen molar-refractivity contribution >= 4 is 11.6 Å². The fraction of sp³-hybridized carbons (Fsp3) is 0.588. The van der Waals surface area contributed by atoms with Gasteiger partial charge in [0.25, 0.3) is 0 Å². The quantitative estimate of drug-likeness (QED) is 0.863. The summed E-state index contributed by atoms with van der Waals surface area (Å²) in [4.78, 5) is 12.2. The number of amides is 1. The summed E-state index contributed by atoms with van der Waals surface area (Å²) < 4.78 is 0. The monoisotopic (exact) mass is 274 g/mol. The lowest BCUT2D eigenvalue weighted by molar-refractivity contribution is -0.117. The van der Waals surface area contributed by atoms with E-state index in [1.54, 1.807) is 0 Å². The topological polar surface area (TPSA) is 55.1 Å². The number of anilines is 1. The van der Waals surface area contributed by atoms with Gasteiger partial charge in [-0.05, 0) is 36.8 Å². The fourth-order valence-electron chi connectivity index (χ4n) is 3.06. The Hall–Kier alpha value is -1.35. The highest BCUT2D eigenvalue weighted by atomic mass is 16.1. The highest BCUT2D eigenvalue weighted by Crippen LogP contribution is 2.26. The molecule has 1 aromatic carbocycles. The summed E-state index contributed by atoms with van der Waals surface area (Å²) in [5.41, 5.74) is 8.30. The summed E-state index contributed by atoms with van der Waals surface area (Å²) >= 11 is 0. The molecule has 1 aromatic rings. The van der Waals surface area contributed by atoms with E-state index in [0.29, 0.717) is 12.3 Å². The third-order valence-corrected chi connectivity index (χ3v) is 4.23. The molecule has 1 aliphatic rings. The van der Waals surface area contributed by atoms with Gasteiger partial charge in [0.1, 0.15) is 0 Å². The molecule has 0 heterocycles. The summed E-state index contributed by atoms with van der Waals surface area (Å²) in [5, 5.41) is 3.07. The fourth-order valence-corrected chi connectivity index (χ4v) is 3.06. The maximum atomic E-state index is 12.2. The minimum atomic E-state index is 0.107. The summed E-state index contributed by atoms with van der Waals surface area (Å²) in [6, 6.07) is 8.27. The molecule has 2 unspecified atom stereocenters. The van der Waals surface area contributed by atoms with Crippen molar-refractivity contribution in [1.82, 2.24) is 0 Å². The Morgan fingerprint density at radius 1 is 1.30 bits per heavy atom. The van der Waals surface area contributed by atoms with E-state index in [0.717, 1.165) is 31.4 Å². The van der Waals surface area contributed by atoms with Crippen LogP contribution in [0.5, 0.6) is 0 Å². The van der Waals surface area contributed by atoms with Crippen molar-refractivity contribution in [2.45, 2.75) is 57.9 Å². The molecular formula is C17H26N2O. The molecule has 3 nitrogen and oxygen atoms in total. The summed E-state index contributed by atoms with van der Waals surface area (Å²) in [6.07, 6.45) is 7.20. The highest BCUT2D eigenvalue weighted by Gasteiger charge is 2.24. The molecule has 2 rings (SSSR count). The Kier molecular flexibility index (Phi) is 5.60. The average Bonchev–Trinajstić information content (AvgIpc) is 2.44. The van der Waals surface area contributed by atoms with Crippen molar-refractivity contribution in [3.05, 3.63) is 29.8 Å². The van der Waals surface area contributed by atoms with Crippen molar-refractivity contribution in [2.75, 3.05) is 5.32 Å². The van der Waals surface area contributed by atoms with E-state index in [1.807, 2.05) is 18.2 Å². The maximum Gasteiger partial charge on any atom is 0.224 e. The van der Waals surface area contributed by atoms with Crippen LogP contribution in [-0.2, 0) is 11.2 Å². The molecule has 0 aliphatic heterocycles. The van der Waals surface area contributed by atoms with E-state index >= 15 is 0 Å². The SMILES string of the molecule is CCCc1ccccc1NC(=O)CC1CCCCC1N. The van der Waals surface area contributed by atoms with Gasteiger partial charge in [0.2, 0.25) is 5.91 Å². The van der Waals surface area contributed by atoms with Gasteiger partial charge < -0.3 is 11.1 Å². The minimum absolute atomic E-state index is 0.107. The van der Waals surface area contributed by atoms with Crippen LogP contribution in [0.1, 0.15) is 51.0 Å². The zero-order chi connectivity index (χ0) is 14.4. The van der Waals surface area contributed by atoms with E-state index in [9.17, 15) is 4.79 Å². The predicted molar refractivity (Wildman–Crippen MR) is 83.6 cm³/mol. The zero-order valence-electron chi connectivity index (χ0n) is 12.4. The van der Waals surface area contributed by atoms with Gasteiger partial charge in [-0.15, -0.1) is 0 Å². The lowest BCUT2D eigenvalue weighted by atomic mass is 9.83. The second-order valence-corrected chi connectivity index (χ2v) is 5.87. The summed E-state index contributed by atoms with van der Waals surface area (Å²) in [7, 11) is 0. The van der Waals surface area contributed by atoms with Crippen LogP contribution in [0.2, 0.25) is 0 Å². The predicted octanol–water partition coefficient (Wildman–Crippen LogP) is 3.49.